The van der Waals surface area contributed by atoms with Gasteiger partial charge in [-0.1, -0.05) is 21.6 Å². The van der Waals surface area contributed by atoms with Gasteiger partial charge in [0.1, 0.15) is 31.2 Å². The fraction of sp³-hybridized carbons (Fsp3) is 0.600. The Bertz CT molecular complexity index is 920. The molecule has 17 nitrogen and oxygen atoms in total. The van der Waals surface area contributed by atoms with Crippen molar-refractivity contribution in [3.05, 3.63) is 0 Å². The van der Waals surface area contributed by atoms with Gasteiger partial charge in [0.25, 0.3) is 0 Å². The highest BCUT2D eigenvalue weighted by Gasteiger charge is 2.25. The fourth-order valence-electron chi connectivity index (χ4n) is 2.51. The highest BCUT2D eigenvalue weighted by molar-refractivity contribution is 8.76. The molecule has 0 aliphatic carbocycles. The van der Waals surface area contributed by atoms with Gasteiger partial charge in [0, 0.05) is 30.8 Å². The summed E-state index contributed by atoms with van der Waals surface area (Å²) in [5.74, 6) is -8.37. The maximum absolute atomic E-state index is 12.4. The minimum atomic E-state index is -1.34. The molecule has 0 heterocycles. The van der Waals surface area contributed by atoms with Crippen LogP contribution in [0.25, 0.3) is 0 Å². The molecule has 10 N–H and O–H groups in total. The monoisotopic (exact) mass is 597 g/mol. The molecule has 0 saturated heterocycles. The van der Waals surface area contributed by atoms with Crippen molar-refractivity contribution in [2.45, 2.75) is 50.2 Å². The Morgan fingerprint density at radius 3 is 1.46 bits per heavy atom. The second-order valence-electron chi connectivity index (χ2n) is 7.76. The van der Waals surface area contributed by atoms with E-state index in [0.717, 1.165) is 21.6 Å². The summed E-state index contributed by atoms with van der Waals surface area (Å²) in [6, 6.07) is -3.77. The fourth-order valence-corrected chi connectivity index (χ4v) is 4.84. The number of hydrogen-bond donors (Lipinski definition) is 9. The van der Waals surface area contributed by atoms with Crippen molar-refractivity contribution in [2.75, 3.05) is 24.6 Å². The lowest BCUT2D eigenvalue weighted by Gasteiger charge is -2.20. The summed E-state index contributed by atoms with van der Waals surface area (Å²) in [5, 5.41) is 43.9. The molecule has 220 valence electrons. The zero-order chi connectivity index (χ0) is 30.0. The van der Waals surface area contributed by atoms with E-state index in [0.29, 0.717) is 0 Å². The number of carbonyl (C=O) groups is 8. The molecular formula is C20H31N5O12S2. The van der Waals surface area contributed by atoms with Crippen LogP contribution in [0.1, 0.15) is 32.1 Å². The third-order valence-electron chi connectivity index (χ3n) is 4.48. The molecule has 0 rings (SSSR count). The first-order valence-electron chi connectivity index (χ1n) is 11.2. The van der Waals surface area contributed by atoms with Crippen molar-refractivity contribution in [3.8, 4) is 0 Å². The first-order valence-corrected chi connectivity index (χ1v) is 13.7. The third kappa shape index (κ3) is 18.3. The SMILES string of the molecule is N[C@@H](CCC(=O)NC(CSSCC(NC(=O)CCCC(=O)O)C(=O)NCC(=O)O)C(=O)NCC(=O)O)C(=O)O. The summed E-state index contributed by atoms with van der Waals surface area (Å²) in [7, 11) is 1.93. The second-order valence-corrected chi connectivity index (χ2v) is 10.3. The van der Waals surface area contributed by atoms with Crippen LogP contribution in [0, 0.1) is 0 Å². The van der Waals surface area contributed by atoms with E-state index in [1.54, 1.807) is 0 Å². The standard InChI is InChI=1S/C20H31N5O12S2/c21-10(20(36)37)4-5-14(27)25-12(19(35)23-7-17(32)33)9-39-38-8-11(18(34)22-6-16(30)31)24-13(26)2-1-3-15(28)29/h10-12H,1-9,21H2,(H,22,34)(H,23,35)(H,24,26)(H,25,27)(H,28,29)(H,30,31)(H,32,33)(H,36,37)/t10-,11?,12?/m0/s1. The van der Waals surface area contributed by atoms with Crippen LogP contribution < -0.4 is 27.0 Å². The third-order valence-corrected chi connectivity index (χ3v) is 6.90. The normalized spacial score (nSPS) is 12.7. The van der Waals surface area contributed by atoms with Gasteiger partial charge in [0.15, 0.2) is 0 Å². The van der Waals surface area contributed by atoms with E-state index in [1.165, 1.54) is 0 Å². The molecule has 19 heteroatoms. The average molecular weight is 598 g/mol. The van der Waals surface area contributed by atoms with Gasteiger partial charge in [-0.15, -0.1) is 0 Å². The summed E-state index contributed by atoms with van der Waals surface area (Å²) in [5.41, 5.74) is 5.35. The maximum Gasteiger partial charge on any atom is 0.322 e. The maximum atomic E-state index is 12.4. The van der Waals surface area contributed by atoms with Gasteiger partial charge in [-0.25, -0.2) is 0 Å². The number of carbonyl (C=O) groups excluding carboxylic acids is 4. The van der Waals surface area contributed by atoms with E-state index < -0.39 is 78.7 Å². The summed E-state index contributed by atoms with van der Waals surface area (Å²) in [4.78, 5) is 91.9. The van der Waals surface area contributed by atoms with E-state index >= 15 is 0 Å². The topological polar surface area (TPSA) is 292 Å². The van der Waals surface area contributed by atoms with Gasteiger partial charge in [0.2, 0.25) is 23.6 Å². The van der Waals surface area contributed by atoms with Crippen molar-refractivity contribution < 1.29 is 58.8 Å². The molecule has 2 unspecified atom stereocenters. The highest BCUT2D eigenvalue weighted by Crippen LogP contribution is 2.23. The predicted octanol–water partition coefficient (Wildman–Crippen LogP) is -2.81. The van der Waals surface area contributed by atoms with Crippen LogP contribution in [0.2, 0.25) is 0 Å². The molecule has 0 radical (unpaired) electrons. The van der Waals surface area contributed by atoms with Crippen molar-refractivity contribution in [1.82, 2.24) is 21.3 Å². The summed E-state index contributed by atoms with van der Waals surface area (Å²) in [6.45, 7) is -1.45. The quantitative estimate of drug-likeness (QED) is 0.0476. The van der Waals surface area contributed by atoms with Crippen LogP contribution in [0.4, 0.5) is 0 Å². The molecule has 0 aromatic heterocycles. The van der Waals surface area contributed by atoms with Crippen LogP contribution in [0.3, 0.4) is 0 Å². The van der Waals surface area contributed by atoms with Crippen LogP contribution in [-0.2, 0) is 38.4 Å². The van der Waals surface area contributed by atoms with Crippen LogP contribution in [0.5, 0.6) is 0 Å². The minimum Gasteiger partial charge on any atom is -0.481 e. The van der Waals surface area contributed by atoms with Gasteiger partial charge in [-0.2, -0.15) is 0 Å². The molecule has 0 fully saturated rings. The van der Waals surface area contributed by atoms with Gasteiger partial charge < -0.3 is 47.4 Å². The van der Waals surface area contributed by atoms with E-state index in [9.17, 15) is 38.4 Å². The Morgan fingerprint density at radius 1 is 0.641 bits per heavy atom. The molecule has 3 atom stereocenters. The lowest BCUT2D eigenvalue weighted by molar-refractivity contribution is -0.139. The summed E-state index contributed by atoms with van der Waals surface area (Å²) >= 11 is 0. The number of hydrogen-bond acceptors (Lipinski definition) is 11. The predicted molar refractivity (Wildman–Crippen MR) is 136 cm³/mol. The number of nitrogens with two attached hydrogens (primary N) is 1. The minimum absolute atomic E-state index is 0.0106. The first kappa shape index (κ1) is 35.4. The van der Waals surface area contributed by atoms with Crippen molar-refractivity contribution in [3.63, 3.8) is 0 Å². The van der Waals surface area contributed by atoms with Crippen molar-refractivity contribution >= 4 is 69.1 Å². The molecule has 0 saturated carbocycles. The first-order chi connectivity index (χ1) is 18.2. The van der Waals surface area contributed by atoms with Gasteiger partial charge in [-0.05, 0) is 12.8 Å². The van der Waals surface area contributed by atoms with Crippen molar-refractivity contribution in [2.24, 2.45) is 5.73 Å². The lowest BCUT2D eigenvalue weighted by Crippen LogP contribution is -2.50. The second kappa shape index (κ2) is 19.5. The Morgan fingerprint density at radius 2 is 1.08 bits per heavy atom. The zero-order valence-corrected chi connectivity index (χ0v) is 22.2. The molecule has 0 aromatic carbocycles. The van der Waals surface area contributed by atoms with E-state index in [1.807, 2.05) is 0 Å². The van der Waals surface area contributed by atoms with E-state index in [4.69, 9.17) is 26.2 Å². The summed E-state index contributed by atoms with van der Waals surface area (Å²) < 4.78 is 0. The number of carboxylic acids is 4. The van der Waals surface area contributed by atoms with Gasteiger partial charge in [0.05, 0.1) is 0 Å². The molecule has 0 aliphatic heterocycles. The Kier molecular flexibility index (Phi) is 17.7. The smallest absolute Gasteiger partial charge is 0.322 e. The molecular weight excluding hydrogens is 566 g/mol. The number of aliphatic carboxylic acids is 4. The van der Waals surface area contributed by atoms with Gasteiger partial charge in [-0.3, -0.25) is 38.4 Å². The largest absolute Gasteiger partial charge is 0.481 e. The van der Waals surface area contributed by atoms with E-state index in [-0.39, 0.29) is 43.6 Å². The number of nitrogens with one attached hydrogen (secondary N) is 4. The number of rotatable bonds is 21. The Hall–Kier alpha value is -3.58. The summed E-state index contributed by atoms with van der Waals surface area (Å²) in [6.07, 6.45) is -1.00. The highest BCUT2D eigenvalue weighted by atomic mass is 33.1. The molecule has 39 heavy (non-hydrogen) atoms. The van der Waals surface area contributed by atoms with Crippen molar-refractivity contribution in [1.29, 1.82) is 0 Å². The van der Waals surface area contributed by atoms with Gasteiger partial charge >= 0.3 is 23.9 Å². The van der Waals surface area contributed by atoms with Crippen LogP contribution >= 0.6 is 21.6 Å². The lowest BCUT2D eigenvalue weighted by atomic mass is 10.1. The number of amides is 4. The van der Waals surface area contributed by atoms with E-state index in [2.05, 4.69) is 21.3 Å². The molecule has 0 bridgehead atoms. The van der Waals surface area contributed by atoms with Crippen LogP contribution in [-0.4, -0.2) is 111 Å². The van der Waals surface area contributed by atoms with Crippen LogP contribution in [0.15, 0.2) is 0 Å². The molecule has 0 spiro atoms. The molecule has 0 aliphatic rings. The average Bonchev–Trinajstić information content (AvgIpc) is 2.84. The zero-order valence-electron chi connectivity index (χ0n) is 20.5. The Balaban J connectivity index is 5.12. The molecule has 4 amide bonds. The molecule has 0 aromatic rings. The Labute approximate surface area is 229 Å². The number of carboxylic acid groups (broad SMARTS) is 4.